The molecule has 0 aliphatic rings. The second kappa shape index (κ2) is 13.3. The first-order chi connectivity index (χ1) is 18.4. The number of amides is 2. The largest absolute Gasteiger partial charge is 0.354 e. The van der Waals surface area contributed by atoms with E-state index in [-0.39, 0.29) is 23.3 Å². The van der Waals surface area contributed by atoms with Crippen molar-refractivity contribution < 1.29 is 18.0 Å². The number of carbonyl (C=O) groups excluding carboxylic acids is 2. The van der Waals surface area contributed by atoms with Gasteiger partial charge in [-0.1, -0.05) is 66.2 Å². The van der Waals surface area contributed by atoms with Crippen LogP contribution < -0.4 is 9.62 Å². The fraction of sp³-hybridized carbons (Fsp3) is 0.333. The van der Waals surface area contributed by atoms with E-state index in [9.17, 15) is 18.0 Å². The molecule has 208 valence electrons. The molecule has 0 heterocycles. The van der Waals surface area contributed by atoms with Crippen LogP contribution in [0.1, 0.15) is 37.5 Å². The molecule has 1 N–H and O–H groups in total. The van der Waals surface area contributed by atoms with Crippen LogP contribution in [0.5, 0.6) is 0 Å². The number of sulfonamides is 1. The highest BCUT2D eigenvalue weighted by Crippen LogP contribution is 2.27. The molecule has 0 aromatic heterocycles. The van der Waals surface area contributed by atoms with Crippen LogP contribution in [0.3, 0.4) is 0 Å². The summed E-state index contributed by atoms with van der Waals surface area (Å²) in [6.45, 7) is 9.56. The van der Waals surface area contributed by atoms with Crippen LogP contribution in [0.15, 0.2) is 82.2 Å². The second-order valence-electron chi connectivity index (χ2n) is 10.1. The van der Waals surface area contributed by atoms with Gasteiger partial charge in [0.15, 0.2) is 0 Å². The van der Waals surface area contributed by atoms with Gasteiger partial charge < -0.3 is 10.2 Å². The Kier molecular flexibility index (Phi) is 10.3. The third-order valence-electron chi connectivity index (χ3n) is 6.20. The van der Waals surface area contributed by atoms with Crippen molar-refractivity contribution in [2.45, 2.75) is 52.1 Å². The van der Waals surface area contributed by atoms with Crippen molar-refractivity contribution in [1.29, 1.82) is 0 Å². The molecule has 3 aromatic rings. The summed E-state index contributed by atoms with van der Waals surface area (Å²) < 4.78 is 29.7. The fourth-order valence-corrected chi connectivity index (χ4v) is 6.08. The molecule has 0 fully saturated rings. The van der Waals surface area contributed by atoms with Crippen molar-refractivity contribution >= 4 is 43.5 Å². The quantitative estimate of drug-likeness (QED) is 0.311. The lowest BCUT2D eigenvalue weighted by Gasteiger charge is -2.32. The number of hydrogen-bond donors (Lipinski definition) is 1. The molecule has 0 aliphatic carbocycles. The summed E-state index contributed by atoms with van der Waals surface area (Å²) in [5.41, 5.74) is 2.95. The third-order valence-corrected chi connectivity index (χ3v) is 8.48. The fourth-order valence-electron chi connectivity index (χ4n) is 4.21. The maximum atomic E-state index is 14.0. The second-order valence-corrected chi connectivity index (χ2v) is 12.9. The molecule has 0 radical (unpaired) electrons. The van der Waals surface area contributed by atoms with Gasteiger partial charge in [0.2, 0.25) is 11.8 Å². The normalized spacial score (nSPS) is 12.2. The van der Waals surface area contributed by atoms with Crippen LogP contribution in [-0.4, -0.2) is 44.3 Å². The molecule has 3 aromatic carbocycles. The van der Waals surface area contributed by atoms with Crippen molar-refractivity contribution in [3.63, 3.8) is 0 Å². The van der Waals surface area contributed by atoms with Crippen LogP contribution >= 0.6 is 15.9 Å². The van der Waals surface area contributed by atoms with Crippen LogP contribution in [0.25, 0.3) is 0 Å². The minimum atomic E-state index is -4.09. The van der Waals surface area contributed by atoms with E-state index in [1.54, 1.807) is 37.3 Å². The predicted molar refractivity (Wildman–Crippen MR) is 159 cm³/mol. The Bertz CT molecular complexity index is 1390. The van der Waals surface area contributed by atoms with Crippen molar-refractivity contribution in [2.24, 2.45) is 5.92 Å². The third kappa shape index (κ3) is 8.16. The zero-order valence-electron chi connectivity index (χ0n) is 23.0. The zero-order valence-corrected chi connectivity index (χ0v) is 25.4. The number of nitrogens with zero attached hydrogens (tertiary/aromatic N) is 2. The summed E-state index contributed by atoms with van der Waals surface area (Å²) in [6.07, 6.45) is 0. The Hall–Kier alpha value is -3.17. The van der Waals surface area contributed by atoms with E-state index in [1.165, 1.54) is 17.0 Å². The van der Waals surface area contributed by atoms with E-state index >= 15 is 0 Å². The number of nitrogens with one attached hydrogen (secondary N) is 1. The van der Waals surface area contributed by atoms with Gasteiger partial charge in [-0.25, -0.2) is 8.42 Å². The van der Waals surface area contributed by atoms with Gasteiger partial charge in [0.05, 0.1) is 10.6 Å². The predicted octanol–water partition coefficient (Wildman–Crippen LogP) is 5.45. The van der Waals surface area contributed by atoms with Crippen molar-refractivity contribution in [3.05, 3.63) is 94.0 Å². The van der Waals surface area contributed by atoms with E-state index in [0.717, 1.165) is 25.5 Å². The molecular weight excluding hydrogens is 578 g/mol. The molecule has 0 aliphatic heterocycles. The van der Waals surface area contributed by atoms with Gasteiger partial charge in [0.1, 0.15) is 12.6 Å². The van der Waals surface area contributed by atoms with Gasteiger partial charge in [-0.15, -0.1) is 0 Å². The molecule has 7 nitrogen and oxygen atoms in total. The lowest BCUT2D eigenvalue weighted by molar-refractivity contribution is -0.139. The van der Waals surface area contributed by atoms with E-state index < -0.39 is 28.5 Å². The first-order valence-corrected chi connectivity index (χ1v) is 15.1. The smallest absolute Gasteiger partial charge is 0.264 e. The van der Waals surface area contributed by atoms with E-state index in [4.69, 9.17) is 0 Å². The Labute approximate surface area is 240 Å². The maximum Gasteiger partial charge on any atom is 0.264 e. The first-order valence-electron chi connectivity index (χ1n) is 12.9. The highest BCUT2D eigenvalue weighted by Gasteiger charge is 2.32. The zero-order chi connectivity index (χ0) is 28.7. The van der Waals surface area contributed by atoms with Crippen molar-refractivity contribution in [2.75, 3.05) is 17.4 Å². The topological polar surface area (TPSA) is 86.8 Å². The summed E-state index contributed by atoms with van der Waals surface area (Å²) in [4.78, 5) is 28.6. The monoisotopic (exact) mass is 613 g/mol. The summed E-state index contributed by atoms with van der Waals surface area (Å²) >= 11 is 3.46. The maximum absolute atomic E-state index is 14.0. The molecule has 3 rings (SSSR count). The minimum Gasteiger partial charge on any atom is -0.354 e. The highest BCUT2D eigenvalue weighted by atomic mass is 79.9. The number of hydrogen-bond acceptors (Lipinski definition) is 4. The number of benzene rings is 3. The van der Waals surface area contributed by atoms with Gasteiger partial charge in [-0.2, -0.15) is 0 Å². The van der Waals surface area contributed by atoms with E-state index in [2.05, 4.69) is 21.2 Å². The van der Waals surface area contributed by atoms with Crippen LogP contribution in [0, 0.1) is 19.8 Å². The molecule has 0 bridgehead atoms. The lowest BCUT2D eigenvalue weighted by atomic mass is 10.1. The molecule has 0 saturated heterocycles. The van der Waals surface area contributed by atoms with Gasteiger partial charge in [0.25, 0.3) is 10.0 Å². The molecular formula is C30H36BrN3O4S. The highest BCUT2D eigenvalue weighted by molar-refractivity contribution is 9.10. The molecule has 2 amide bonds. The van der Waals surface area contributed by atoms with E-state index in [1.807, 2.05) is 58.0 Å². The lowest BCUT2D eigenvalue weighted by Crippen LogP contribution is -2.51. The van der Waals surface area contributed by atoms with Crippen LogP contribution in [0.2, 0.25) is 0 Å². The summed E-state index contributed by atoms with van der Waals surface area (Å²) in [6, 6.07) is 20.1. The van der Waals surface area contributed by atoms with Crippen molar-refractivity contribution in [3.8, 4) is 0 Å². The molecule has 9 heteroatoms. The number of carbonyl (C=O) groups is 2. The molecule has 39 heavy (non-hydrogen) atoms. The SMILES string of the molecule is Cc1cc(C)cc(N(CC(=O)N(Cc2cccc(Br)c2)[C@H](C)C(=O)NCC(C)C)S(=O)(=O)c2ccccc2)c1. The average Bonchev–Trinajstić information content (AvgIpc) is 2.88. The summed E-state index contributed by atoms with van der Waals surface area (Å²) in [5.74, 6) is -0.539. The van der Waals surface area contributed by atoms with Crippen molar-refractivity contribution in [1.82, 2.24) is 10.2 Å². The Morgan fingerprint density at radius 1 is 0.897 bits per heavy atom. The number of aryl methyl sites for hydroxylation is 2. The van der Waals surface area contributed by atoms with Gasteiger partial charge in [-0.05, 0) is 79.8 Å². The first kappa shape index (κ1) is 30.4. The van der Waals surface area contributed by atoms with Gasteiger partial charge in [-0.3, -0.25) is 13.9 Å². The Balaban J connectivity index is 2.03. The number of anilines is 1. The Morgan fingerprint density at radius 3 is 2.13 bits per heavy atom. The average molecular weight is 615 g/mol. The standard InChI is InChI=1S/C30H36BrN3O4S/c1-21(2)18-32-30(36)24(5)33(19-25-10-9-11-26(31)17-25)29(35)20-34(27-15-22(3)14-23(4)16-27)39(37,38)28-12-7-6-8-13-28/h6-17,21,24H,18-20H2,1-5H3,(H,32,36)/t24-/m1/s1. The number of halogens is 1. The molecule has 0 spiro atoms. The molecule has 0 saturated carbocycles. The van der Waals surface area contributed by atoms with E-state index in [0.29, 0.717) is 12.2 Å². The summed E-state index contributed by atoms with van der Waals surface area (Å²) in [7, 11) is -4.09. The minimum absolute atomic E-state index is 0.0817. The molecule has 0 unspecified atom stereocenters. The van der Waals surface area contributed by atoms with Crippen LogP contribution in [-0.2, 0) is 26.2 Å². The van der Waals surface area contributed by atoms with Gasteiger partial charge in [0, 0.05) is 17.6 Å². The Morgan fingerprint density at radius 2 is 1.54 bits per heavy atom. The van der Waals surface area contributed by atoms with Gasteiger partial charge >= 0.3 is 0 Å². The van der Waals surface area contributed by atoms with Crippen LogP contribution in [0.4, 0.5) is 5.69 Å². The number of rotatable bonds is 11. The summed E-state index contributed by atoms with van der Waals surface area (Å²) in [5, 5.41) is 2.90. The molecule has 1 atom stereocenters.